The lowest BCUT2D eigenvalue weighted by Crippen LogP contribution is -2.22. The van der Waals surface area contributed by atoms with Gasteiger partial charge in [-0.3, -0.25) is 0 Å². The maximum atomic E-state index is 5.82. The predicted octanol–water partition coefficient (Wildman–Crippen LogP) is 2.57. The van der Waals surface area contributed by atoms with Gasteiger partial charge in [0.25, 0.3) is 5.95 Å². The van der Waals surface area contributed by atoms with E-state index in [0.29, 0.717) is 29.6 Å². The number of hydrogen-bond acceptors (Lipinski definition) is 9. The topological polar surface area (TPSA) is 93.9 Å². The van der Waals surface area contributed by atoms with Crippen LogP contribution in [0.5, 0.6) is 5.75 Å². The Labute approximate surface area is 173 Å². The van der Waals surface area contributed by atoms with Crippen molar-refractivity contribution >= 4 is 23.7 Å². The Morgan fingerprint density at radius 1 is 1.10 bits per heavy atom. The maximum absolute atomic E-state index is 5.82. The molecule has 1 aliphatic rings. The summed E-state index contributed by atoms with van der Waals surface area (Å²) in [4.78, 5) is 20.0. The Morgan fingerprint density at radius 3 is 2.69 bits per heavy atom. The van der Waals surface area contributed by atoms with Gasteiger partial charge < -0.3 is 15.0 Å². The molecule has 0 bridgehead atoms. The predicted molar refractivity (Wildman–Crippen MR) is 113 cm³/mol. The minimum atomic E-state index is 0.460. The molecule has 0 aliphatic carbocycles. The largest absolute Gasteiger partial charge is 0.492 e. The Morgan fingerprint density at radius 2 is 1.90 bits per heavy atom. The molecule has 0 spiro atoms. The van der Waals surface area contributed by atoms with E-state index in [0.717, 1.165) is 43.0 Å². The lowest BCUT2D eigenvalue weighted by atomic mass is 10.2. The van der Waals surface area contributed by atoms with Crippen LogP contribution < -0.4 is 15.0 Å². The Balaban J connectivity index is 1.39. The van der Waals surface area contributed by atoms with E-state index in [-0.39, 0.29) is 0 Å². The number of nitrogens with zero attached hydrogens (tertiary/aromatic N) is 7. The highest BCUT2D eigenvalue weighted by molar-refractivity contribution is 7.99. The van der Waals surface area contributed by atoms with E-state index in [1.54, 1.807) is 18.1 Å². The first kappa shape index (κ1) is 19.4. The van der Waals surface area contributed by atoms with Gasteiger partial charge in [-0.05, 0) is 31.4 Å². The second-order valence-electron chi connectivity index (χ2n) is 6.64. The van der Waals surface area contributed by atoms with Crippen LogP contribution in [-0.2, 0) is 0 Å². The Hall–Kier alpha value is -2.88. The summed E-state index contributed by atoms with van der Waals surface area (Å²) >= 11 is 1.54. The summed E-state index contributed by atoms with van der Waals surface area (Å²) in [6.45, 7) is 4.55. The summed E-state index contributed by atoms with van der Waals surface area (Å²) in [7, 11) is 1.80. The van der Waals surface area contributed by atoms with E-state index < -0.39 is 0 Å². The van der Waals surface area contributed by atoms with Crippen molar-refractivity contribution in [2.75, 3.05) is 42.7 Å². The van der Waals surface area contributed by atoms with Crippen molar-refractivity contribution in [1.29, 1.82) is 0 Å². The number of para-hydroxylation sites is 1. The van der Waals surface area contributed by atoms with Crippen molar-refractivity contribution in [3.05, 3.63) is 36.2 Å². The van der Waals surface area contributed by atoms with Gasteiger partial charge in [0.1, 0.15) is 12.1 Å². The number of ether oxygens (including phenoxy) is 1. The average Bonchev–Trinajstić information content (AvgIpc) is 3.44. The Kier molecular flexibility index (Phi) is 6.09. The molecular weight excluding hydrogens is 388 g/mol. The van der Waals surface area contributed by atoms with Crippen LogP contribution in [0.25, 0.3) is 5.95 Å². The van der Waals surface area contributed by atoms with E-state index in [1.807, 2.05) is 31.2 Å². The molecule has 2 aromatic heterocycles. The molecule has 3 heterocycles. The summed E-state index contributed by atoms with van der Waals surface area (Å²) < 4.78 is 7.41. The van der Waals surface area contributed by atoms with E-state index in [2.05, 4.69) is 35.3 Å². The fourth-order valence-corrected chi connectivity index (χ4v) is 3.66. The normalized spacial score (nSPS) is 13.7. The molecule has 1 aliphatic heterocycles. The van der Waals surface area contributed by atoms with Gasteiger partial charge in [-0.15, -0.1) is 5.10 Å². The first-order valence-electron chi connectivity index (χ1n) is 9.65. The number of aryl methyl sites for hydroxylation is 1. The van der Waals surface area contributed by atoms with Gasteiger partial charge >= 0.3 is 0 Å². The summed E-state index contributed by atoms with van der Waals surface area (Å²) in [5.41, 5.74) is 1.13. The number of rotatable bonds is 8. The zero-order valence-electron chi connectivity index (χ0n) is 16.6. The summed E-state index contributed by atoms with van der Waals surface area (Å²) in [5.74, 6) is 3.31. The fourth-order valence-electron chi connectivity index (χ4n) is 3.04. The highest BCUT2D eigenvalue weighted by atomic mass is 32.2. The summed E-state index contributed by atoms with van der Waals surface area (Å²) in [6.07, 6.45) is 3.95. The molecular formula is C19H24N8OS. The highest BCUT2D eigenvalue weighted by Gasteiger charge is 2.18. The van der Waals surface area contributed by atoms with Crippen LogP contribution in [0.4, 0.5) is 11.9 Å². The van der Waals surface area contributed by atoms with Gasteiger partial charge in [-0.1, -0.05) is 30.0 Å². The second-order valence-corrected chi connectivity index (χ2v) is 7.70. The standard InChI is InChI=1S/C19H24N8OS/c1-14-7-3-4-8-15(14)28-11-12-29-19-21-13-27(25-19)18-23-16(20-2)22-17(24-18)26-9-5-6-10-26/h3-4,7-8,13H,5-6,9-12H2,1-2H3,(H,20,22,23,24). The third-order valence-electron chi connectivity index (χ3n) is 4.57. The highest BCUT2D eigenvalue weighted by Crippen LogP contribution is 2.20. The SMILES string of the molecule is CNc1nc(N2CCCC2)nc(-n2cnc(SCCOc3ccccc3C)n2)n1. The molecule has 1 fully saturated rings. The zero-order chi connectivity index (χ0) is 20.1. The van der Waals surface area contributed by atoms with Crippen LogP contribution in [-0.4, -0.2) is 62.2 Å². The number of hydrogen-bond donors (Lipinski definition) is 1. The molecule has 1 N–H and O–H groups in total. The van der Waals surface area contributed by atoms with Crippen molar-refractivity contribution in [2.45, 2.75) is 24.9 Å². The average molecular weight is 413 g/mol. The van der Waals surface area contributed by atoms with Gasteiger partial charge in [-0.25, -0.2) is 4.98 Å². The molecule has 0 radical (unpaired) electrons. The van der Waals surface area contributed by atoms with Crippen molar-refractivity contribution in [1.82, 2.24) is 29.7 Å². The number of benzene rings is 1. The minimum absolute atomic E-state index is 0.460. The van der Waals surface area contributed by atoms with Crippen LogP contribution in [0.1, 0.15) is 18.4 Å². The van der Waals surface area contributed by atoms with E-state index >= 15 is 0 Å². The van der Waals surface area contributed by atoms with Gasteiger partial charge in [-0.2, -0.15) is 19.6 Å². The van der Waals surface area contributed by atoms with E-state index in [4.69, 9.17) is 4.74 Å². The molecule has 0 unspecified atom stereocenters. The van der Waals surface area contributed by atoms with Crippen LogP contribution in [0.15, 0.2) is 35.7 Å². The monoisotopic (exact) mass is 412 g/mol. The lowest BCUT2D eigenvalue weighted by molar-refractivity contribution is 0.341. The maximum Gasteiger partial charge on any atom is 0.258 e. The van der Waals surface area contributed by atoms with Crippen LogP contribution in [0, 0.1) is 6.92 Å². The number of anilines is 2. The van der Waals surface area contributed by atoms with E-state index in [1.165, 1.54) is 11.8 Å². The summed E-state index contributed by atoms with van der Waals surface area (Å²) in [6, 6.07) is 7.99. The molecule has 152 valence electrons. The van der Waals surface area contributed by atoms with Crippen LogP contribution in [0.3, 0.4) is 0 Å². The zero-order valence-corrected chi connectivity index (χ0v) is 17.4. The van der Waals surface area contributed by atoms with Gasteiger partial charge in [0.2, 0.25) is 17.1 Å². The molecule has 1 aromatic carbocycles. The van der Waals surface area contributed by atoms with Crippen molar-refractivity contribution in [3.8, 4) is 11.7 Å². The summed E-state index contributed by atoms with van der Waals surface area (Å²) in [5, 5.41) is 8.16. The number of thioether (sulfide) groups is 1. The molecule has 1 saturated heterocycles. The van der Waals surface area contributed by atoms with E-state index in [9.17, 15) is 0 Å². The lowest BCUT2D eigenvalue weighted by Gasteiger charge is -2.16. The first-order valence-corrected chi connectivity index (χ1v) is 10.6. The molecule has 29 heavy (non-hydrogen) atoms. The third kappa shape index (κ3) is 4.76. The van der Waals surface area contributed by atoms with Crippen molar-refractivity contribution < 1.29 is 4.74 Å². The Bertz CT molecular complexity index is 957. The molecule has 9 nitrogen and oxygen atoms in total. The van der Waals surface area contributed by atoms with Crippen LogP contribution in [0.2, 0.25) is 0 Å². The molecule has 3 aromatic rings. The second kappa shape index (κ2) is 9.08. The quantitative estimate of drug-likeness (QED) is 0.442. The molecule has 10 heteroatoms. The molecule has 4 rings (SSSR count). The van der Waals surface area contributed by atoms with Crippen LogP contribution >= 0.6 is 11.8 Å². The first-order chi connectivity index (χ1) is 14.2. The molecule has 0 amide bonds. The van der Waals surface area contributed by atoms with Gasteiger partial charge in [0, 0.05) is 25.9 Å². The van der Waals surface area contributed by atoms with Crippen molar-refractivity contribution in [3.63, 3.8) is 0 Å². The fraction of sp³-hybridized carbons (Fsp3) is 0.421. The number of aromatic nitrogens is 6. The van der Waals surface area contributed by atoms with Crippen molar-refractivity contribution in [2.24, 2.45) is 0 Å². The molecule has 0 atom stereocenters. The van der Waals surface area contributed by atoms with Gasteiger partial charge in [0.15, 0.2) is 0 Å². The van der Waals surface area contributed by atoms with Gasteiger partial charge in [0.05, 0.1) is 6.61 Å². The third-order valence-corrected chi connectivity index (χ3v) is 5.38. The number of nitrogens with one attached hydrogen (secondary N) is 1. The minimum Gasteiger partial charge on any atom is -0.492 e. The molecule has 0 saturated carbocycles. The smallest absolute Gasteiger partial charge is 0.258 e.